The molecule has 1 aromatic carbocycles. The van der Waals surface area contributed by atoms with E-state index < -0.39 is 24.5 Å². The molecule has 2 heterocycles. The van der Waals surface area contributed by atoms with Crippen LogP contribution in [0.5, 0.6) is 0 Å². The Hall–Kier alpha value is -3.68. The van der Waals surface area contributed by atoms with E-state index in [9.17, 15) is 14.4 Å². The summed E-state index contributed by atoms with van der Waals surface area (Å²) in [5.74, 6) is -1.01. The van der Waals surface area contributed by atoms with Crippen molar-refractivity contribution in [1.29, 1.82) is 0 Å². The molecule has 0 aliphatic heterocycles. The lowest BCUT2D eigenvalue weighted by Gasteiger charge is -2.14. The molecule has 30 heavy (non-hydrogen) atoms. The van der Waals surface area contributed by atoms with Crippen molar-refractivity contribution in [3.8, 4) is 11.5 Å². The third kappa shape index (κ3) is 5.02. The van der Waals surface area contributed by atoms with Gasteiger partial charge in [-0.05, 0) is 37.6 Å². The summed E-state index contributed by atoms with van der Waals surface area (Å²) in [6, 6.07) is 11.5. The maximum absolute atomic E-state index is 12.7. The predicted molar refractivity (Wildman–Crippen MR) is 111 cm³/mol. The van der Waals surface area contributed by atoms with E-state index in [0.29, 0.717) is 28.9 Å². The van der Waals surface area contributed by atoms with Crippen LogP contribution in [0.2, 0.25) is 0 Å². The summed E-state index contributed by atoms with van der Waals surface area (Å²) >= 11 is 0. The van der Waals surface area contributed by atoms with Crippen LogP contribution in [0.1, 0.15) is 30.6 Å². The zero-order valence-corrected chi connectivity index (χ0v) is 16.8. The van der Waals surface area contributed by atoms with Crippen LogP contribution >= 0.6 is 0 Å². The van der Waals surface area contributed by atoms with Crippen molar-refractivity contribution in [1.82, 2.24) is 15.6 Å². The number of ether oxygens (including phenoxy) is 1. The van der Waals surface area contributed by atoms with Crippen molar-refractivity contribution in [2.75, 3.05) is 13.2 Å². The van der Waals surface area contributed by atoms with E-state index in [1.54, 1.807) is 43.3 Å². The number of pyridine rings is 1. The molecule has 0 radical (unpaired) electrons. The molecule has 2 N–H and O–H groups in total. The van der Waals surface area contributed by atoms with Crippen LogP contribution in [0.15, 0.2) is 53.1 Å². The Morgan fingerprint density at radius 2 is 1.97 bits per heavy atom. The summed E-state index contributed by atoms with van der Waals surface area (Å²) in [5, 5.41) is 5.80. The SMILES string of the molecule is CCCNC(=O)[C@H](C)NC(=O)COC(=O)c1cc(-c2ccco2)nc2ccccc12. The second-order valence-corrected chi connectivity index (χ2v) is 6.71. The first-order valence-corrected chi connectivity index (χ1v) is 9.67. The van der Waals surface area contributed by atoms with Crippen molar-refractivity contribution in [2.24, 2.45) is 0 Å². The molecule has 0 saturated heterocycles. The molecule has 0 unspecified atom stereocenters. The monoisotopic (exact) mass is 409 g/mol. The van der Waals surface area contributed by atoms with Gasteiger partial charge in [-0.3, -0.25) is 9.59 Å². The fourth-order valence-electron chi connectivity index (χ4n) is 2.85. The summed E-state index contributed by atoms with van der Waals surface area (Å²) in [6.45, 7) is 3.53. The molecule has 8 heteroatoms. The minimum Gasteiger partial charge on any atom is -0.463 e. The van der Waals surface area contributed by atoms with Crippen LogP contribution in [0.3, 0.4) is 0 Å². The number of nitrogens with zero attached hydrogens (tertiary/aromatic N) is 1. The van der Waals surface area contributed by atoms with Crippen LogP contribution in [-0.4, -0.2) is 42.0 Å². The molecular formula is C22H23N3O5. The van der Waals surface area contributed by atoms with Gasteiger partial charge < -0.3 is 19.8 Å². The third-order valence-corrected chi connectivity index (χ3v) is 4.36. The second-order valence-electron chi connectivity index (χ2n) is 6.71. The van der Waals surface area contributed by atoms with E-state index >= 15 is 0 Å². The fourth-order valence-corrected chi connectivity index (χ4v) is 2.85. The molecule has 1 atom stereocenters. The van der Waals surface area contributed by atoms with Gasteiger partial charge in [0.25, 0.3) is 5.91 Å². The average molecular weight is 409 g/mol. The number of amides is 2. The standard InChI is InChI=1S/C22H23N3O5/c1-3-10-23-21(27)14(2)24-20(26)13-30-22(28)16-12-18(19-9-6-11-29-19)25-17-8-5-4-7-15(16)17/h4-9,11-12,14H,3,10,13H2,1-2H3,(H,23,27)(H,24,26)/t14-/m0/s1. The molecule has 0 fully saturated rings. The lowest BCUT2D eigenvalue weighted by molar-refractivity contribution is -0.130. The Morgan fingerprint density at radius 1 is 1.17 bits per heavy atom. The zero-order valence-electron chi connectivity index (χ0n) is 16.8. The predicted octanol–water partition coefficient (Wildman–Crippen LogP) is 2.68. The highest BCUT2D eigenvalue weighted by molar-refractivity contribution is 6.05. The first-order valence-electron chi connectivity index (χ1n) is 9.67. The lowest BCUT2D eigenvalue weighted by atomic mass is 10.1. The molecule has 0 bridgehead atoms. The normalized spacial score (nSPS) is 11.7. The summed E-state index contributed by atoms with van der Waals surface area (Å²) in [7, 11) is 0. The average Bonchev–Trinajstić information content (AvgIpc) is 3.30. The van der Waals surface area contributed by atoms with E-state index in [-0.39, 0.29) is 11.5 Å². The largest absolute Gasteiger partial charge is 0.463 e. The Balaban J connectivity index is 1.71. The number of rotatable bonds is 8. The smallest absolute Gasteiger partial charge is 0.339 e. The van der Waals surface area contributed by atoms with Gasteiger partial charge in [0.15, 0.2) is 12.4 Å². The van der Waals surface area contributed by atoms with E-state index in [0.717, 1.165) is 6.42 Å². The highest BCUT2D eigenvalue weighted by Gasteiger charge is 2.19. The maximum atomic E-state index is 12.7. The minimum atomic E-state index is -0.727. The van der Waals surface area contributed by atoms with Crippen LogP contribution in [0, 0.1) is 0 Å². The molecule has 0 saturated carbocycles. The van der Waals surface area contributed by atoms with Gasteiger partial charge in [-0.2, -0.15) is 0 Å². The van der Waals surface area contributed by atoms with Gasteiger partial charge in [-0.1, -0.05) is 25.1 Å². The molecule has 0 aliphatic rings. The van der Waals surface area contributed by atoms with Gasteiger partial charge in [0, 0.05) is 11.9 Å². The molecule has 156 valence electrons. The van der Waals surface area contributed by atoms with Gasteiger partial charge in [-0.15, -0.1) is 0 Å². The third-order valence-electron chi connectivity index (χ3n) is 4.36. The maximum Gasteiger partial charge on any atom is 0.339 e. The van der Waals surface area contributed by atoms with Crippen LogP contribution in [0.4, 0.5) is 0 Å². The summed E-state index contributed by atoms with van der Waals surface area (Å²) in [4.78, 5) is 41.2. The van der Waals surface area contributed by atoms with Gasteiger partial charge >= 0.3 is 5.97 Å². The first kappa shape index (κ1) is 21.0. The van der Waals surface area contributed by atoms with Crippen LogP contribution < -0.4 is 10.6 Å². The van der Waals surface area contributed by atoms with Crippen LogP contribution in [0.25, 0.3) is 22.4 Å². The number of benzene rings is 1. The van der Waals surface area contributed by atoms with Crippen molar-refractivity contribution < 1.29 is 23.5 Å². The second kappa shape index (κ2) is 9.69. The molecule has 8 nitrogen and oxygen atoms in total. The highest BCUT2D eigenvalue weighted by atomic mass is 16.5. The quantitative estimate of drug-likeness (QED) is 0.554. The molecule has 0 spiro atoms. The van der Waals surface area contributed by atoms with Crippen molar-refractivity contribution in [2.45, 2.75) is 26.3 Å². The van der Waals surface area contributed by atoms with E-state index in [4.69, 9.17) is 9.15 Å². The Bertz CT molecular complexity index is 1050. The van der Waals surface area contributed by atoms with Gasteiger partial charge in [0.05, 0.1) is 17.3 Å². The Labute approximate surface area is 173 Å². The molecule has 2 aromatic heterocycles. The van der Waals surface area contributed by atoms with Crippen LogP contribution in [-0.2, 0) is 14.3 Å². The number of furan rings is 1. The van der Waals surface area contributed by atoms with Crippen molar-refractivity contribution in [3.05, 3.63) is 54.3 Å². The fraction of sp³-hybridized carbons (Fsp3) is 0.273. The summed E-state index contributed by atoms with van der Waals surface area (Å²) < 4.78 is 10.6. The number of esters is 1. The molecule has 2 amide bonds. The van der Waals surface area contributed by atoms with Gasteiger partial charge in [0.1, 0.15) is 11.7 Å². The number of carbonyl (C=O) groups excluding carboxylic acids is 3. The molecule has 3 rings (SSSR count). The number of fused-ring (bicyclic) bond motifs is 1. The van der Waals surface area contributed by atoms with Crippen molar-refractivity contribution in [3.63, 3.8) is 0 Å². The molecule has 0 aliphatic carbocycles. The number of aromatic nitrogens is 1. The zero-order chi connectivity index (χ0) is 21.5. The topological polar surface area (TPSA) is 111 Å². The van der Waals surface area contributed by atoms with E-state index in [1.807, 2.05) is 13.0 Å². The van der Waals surface area contributed by atoms with Gasteiger partial charge in [0.2, 0.25) is 5.91 Å². The number of hydrogen-bond acceptors (Lipinski definition) is 6. The number of para-hydroxylation sites is 1. The number of carbonyl (C=O) groups is 3. The first-order chi connectivity index (χ1) is 14.5. The van der Waals surface area contributed by atoms with E-state index in [1.165, 1.54) is 6.26 Å². The summed E-state index contributed by atoms with van der Waals surface area (Å²) in [6.07, 6.45) is 2.32. The lowest BCUT2D eigenvalue weighted by Crippen LogP contribution is -2.46. The van der Waals surface area contributed by atoms with Gasteiger partial charge in [-0.25, -0.2) is 9.78 Å². The van der Waals surface area contributed by atoms with Crippen molar-refractivity contribution >= 4 is 28.7 Å². The minimum absolute atomic E-state index is 0.272. The highest BCUT2D eigenvalue weighted by Crippen LogP contribution is 2.25. The Kier molecular flexibility index (Phi) is 6.79. The Morgan fingerprint density at radius 3 is 2.70 bits per heavy atom. The number of nitrogens with one attached hydrogen (secondary N) is 2. The number of hydrogen-bond donors (Lipinski definition) is 2. The molecular weight excluding hydrogens is 386 g/mol. The summed E-state index contributed by atoms with van der Waals surface area (Å²) in [5.41, 5.74) is 1.36. The molecule has 3 aromatic rings. The van der Waals surface area contributed by atoms with E-state index in [2.05, 4.69) is 15.6 Å².